The van der Waals surface area contributed by atoms with Crippen molar-refractivity contribution < 1.29 is 14.7 Å². The minimum absolute atomic E-state index is 0.0981. The van der Waals surface area contributed by atoms with Crippen LogP contribution in [0.3, 0.4) is 0 Å². The third kappa shape index (κ3) is 5.06. The van der Waals surface area contributed by atoms with Crippen LogP contribution in [0.4, 0.5) is 5.69 Å². The maximum absolute atomic E-state index is 12.8. The first-order valence-electron chi connectivity index (χ1n) is 9.08. The number of pyridine rings is 1. The molecule has 0 aliphatic carbocycles. The number of hydrogen-bond acceptors (Lipinski definition) is 5. The Morgan fingerprint density at radius 3 is 2.52 bits per heavy atom. The highest BCUT2D eigenvalue weighted by molar-refractivity contribution is 5.95. The second-order valence-corrected chi connectivity index (χ2v) is 6.44. The van der Waals surface area contributed by atoms with Crippen LogP contribution in [0.1, 0.15) is 35.0 Å². The molecule has 8 heteroatoms. The van der Waals surface area contributed by atoms with Gasteiger partial charge in [0.1, 0.15) is 0 Å². The lowest BCUT2D eigenvalue weighted by molar-refractivity contribution is -0.122. The summed E-state index contributed by atoms with van der Waals surface area (Å²) in [5.74, 6) is 0.0981. The van der Waals surface area contributed by atoms with Gasteiger partial charge in [-0.25, -0.2) is 0 Å². The van der Waals surface area contributed by atoms with Crippen LogP contribution < -0.4 is 4.90 Å². The molecule has 27 heavy (non-hydrogen) atoms. The quantitative estimate of drug-likeness (QED) is 0.824. The van der Waals surface area contributed by atoms with Crippen LogP contribution in [0.2, 0.25) is 0 Å². The van der Waals surface area contributed by atoms with Gasteiger partial charge in [-0.1, -0.05) is 6.92 Å². The molecule has 1 fully saturated rings. The topological polar surface area (TPSA) is 91.6 Å². The van der Waals surface area contributed by atoms with Gasteiger partial charge in [-0.15, -0.1) is 0 Å². The van der Waals surface area contributed by atoms with E-state index in [1.54, 1.807) is 0 Å². The molecule has 0 radical (unpaired) electrons. The van der Waals surface area contributed by atoms with Gasteiger partial charge in [0.25, 0.3) is 12.4 Å². The normalized spacial score (nSPS) is 13.7. The summed E-state index contributed by atoms with van der Waals surface area (Å²) in [6.07, 6.45) is 6.61. The van der Waals surface area contributed by atoms with Crippen LogP contribution in [0.25, 0.3) is 0 Å². The number of aryl methyl sites for hydroxylation is 3. The van der Waals surface area contributed by atoms with E-state index in [1.807, 2.05) is 41.2 Å². The van der Waals surface area contributed by atoms with Gasteiger partial charge >= 0.3 is 0 Å². The third-order valence-electron chi connectivity index (χ3n) is 4.53. The maximum atomic E-state index is 12.8. The van der Waals surface area contributed by atoms with E-state index >= 15 is 0 Å². The van der Waals surface area contributed by atoms with Crippen LogP contribution in [0, 0.1) is 13.8 Å². The van der Waals surface area contributed by atoms with E-state index in [0.29, 0.717) is 0 Å². The summed E-state index contributed by atoms with van der Waals surface area (Å²) in [7, 11) is 0. The summed E-state index contributed by atoms with van der Waals surface area (Å²) in [6.45, 7) is 9.86. The van der Waals surface area contributed by atoms with Crippen molar-refractivity contribution in [1.82, 2.24) is 19.7 Å². The van der Waals surface area contributed by atoms with Gasteiger partial charge in [0.15, 0.2) is 0 Å². The molecule has 0 atom stereocenters. The second-order valence-electron chi connectivity index (χ2n) is 6.44. The van der Waals surface area contributed by atoms with E-state index in [1.165, 1.54) is 11.3 Å². The lowest BCUT2D eigenvalue weighted by Gasteiger charge is -2.36. The van der Waals surface area contributed by atoms with Crippen molar-refractivity contribution in [3.05, 3.63) is 41.5 Å². The van der Waals surface area contributed by atoms with Crippen molar-refractivity contribution in [2.24, 2.45) is 0 Å². The molecular formula is C19H27N5O3. The molecule has 8 nitrogen and oxygen atoms in total. The van der Waals surface area contributed by atoms with Gasteiger partial charge in [-0.2, -0.15) is 5.10 Å². The Hall–Kier alpha value is -2.90. The highest BCUT2D eigenvalue weighted by Crippen LogP contribution is 2.21. The van der Waals surface area contributed by atoms with E-state index in [2.05, 4.69) is 28.8 Å². The number of aromatic nitrogens is 3. The monoisotopic (exact) mass is 373 g/mol. The molecule has 1 aliphatic heterocycles. The Morgan fingerprint density at radius 2 is 1.93 bits per heavy atom. The number of hydrogen-bond donors (Lipinski definition) is 1. The third-order valence-corrected chi connectivity index (χ3v) is 4.53. The number of nitrogens with zero attached hydrogens (tertiary/aromatic N) is 5. The predicted molar refractivity (Wildman–Crippen MR) is 103 cm³/mol. The molecule has 2 aromatic rings. The summed E-state index contributed by atoms with van der Waals surface area (Å²) in [5, 5.41) is 11.3. The zero-order chi connectivity index (χ0) is 19.8. The highest BCUT2D eigenvalue weighted by atomic mass is 16.3. The van der Waals surface area contributed by atoms with E-state index < -0.39 is 0 Å². The molecule has 3 rings (SSSR count). The van der Waals surface area contributed by atoms with Crippen molar-refractivity contribution >= 4 is 18.1 Å². The average Bonchev–Trinajstić information content (AvgIpc) is 3.03. The van der Waals surface area contributed by atoms with Crippen LogP contribution in [-0.2, 0) is 11.3 Å². The fraction of sp³-hybridized carbons (Fsp3) is 0.474. The Bertz CT molecular complexity index is 766. The van der Waals surface area contributed by atoms with Crippen LogP contribution in [0.15, 0.2) is 24.7 Å². The number of anilines is 1. The fourth-order valence-corrected chi connectivity index (χ4v) is 3.21. The number of carboxylic acid groups (broad SMARTS) is 1. The van der Waals surface area contributed by atoms with Gasteiger partial charge in [0, 0.05) is 57.0 Å². The van der Waals surface area contributed by atoms with E-state index in [4.69, 9.17) is 9.90 Å². The number of amides is 1. The zero-order valence-corrected chi connectivity index (χ0v) is 16.1. The molecule has 0 bridgehead atoms. The largest absolute Gasteiger partial charge is 0.483 e. The minimum atomic E-state index is -0.250. The smallest absolute Gasteiger partial charge is 0.290 e. The summed E-state index contributed by atoms with van der Waals surface area (Å²) >= 11 is 0. The molecule has 0 spiro atoms. The second kappa shape index (κ2) is 9.70. The molecule has 1 saturated heterocycles. The van der Waals surface area contributed by atoms with Gasteiger partial charge in [0.2, 0.25) is 0 Å². The summed E-state index contributed by atoms with van der Waals surface area (Å²) < 4.78 is 1.87. The highest BCUT2D eigenvalue weighted by Gasteiger charge is 2.25. The number of rotatable bonds is 4. The summed E-state index contributed by atoms with van der Waals surface area (Å²) in [5.41, 5.74) is 3.94. The molecular weight excluding hydrogens is 346 g/mol. The maximum Gasteiger partial charge on any atom is 0.290 e. The fourth-order valence-electron chi connectivity index (χ4n) is 3.21. The van der Waals surface area contributed by atoms with Crippen molar-refractivity contribution in [3.8, 4) is 0 Å². The SMILES string of the molecule is CCCn1cc(C(=O)N2CCN(c3ccncc3C)CC2)c(C)n1.O=CO. The first kappa shape index (κ1) is 20.4. The summed E-state index contributed by atoms with van der Waals surface area (Å²) in [4.78, 5) is 29.6. The number of piperazine rings is 1. The Labute approximate surface area is 159 Å². The Balaban J connectivity index is 0.000000817. The summed E-state index contributed by atoms with van der Waals surface area (Å²) in [6, 6.07) is 2.05. The first-order chi connectivity index (χ1) is 13.0. The van der Waals surface area contributed by atoms with Crippen LogP contribution >= 0.6 is 0 Å². The van der Waals surface area contributed by atoms with Crippen molar-refractivity contribution in [3.63, 3.8) is 0 Å². The molecule has 146 valence electrons. The van der Waals surface area contributed by atoms with Gasteiger partial charge < -0.3 is 14.9 Å². The molecule has 0 unspecified atom stereocenters. The molecule has 1 N–H and O–H groups in total. The molecule has 0 saturated carbocycles. The number of carbonyl (C=O) groups is 2. The Morgan fingerprint density at radius 1 is 1.26 bits per heavy atom. The molecule has 3 heterocycles. The standard InChI is InChI=1S/C18H25N5O.CH2O2/c1-4-7-23-13-16(15(3)20-23)18(24)22-10-8-21(9-11-22)17-5-6-19-12-14(17)2;2-1-3/h5-6,12-13H,4,7-11H2,1-3H3;1H,(H,2,3). The first-order valence-corrected chi connectivity index (χ1v) is 9.08. The molecule has 1 amide bonds. The van der Waals surface area contributed by atoms with Crippen molar-refractivity contribution in [1.29, 1.82) is 0 Å². The van der Waals surface area contributed by atoms with Gasteiger partial charge in [0.05, 0.1) is 11.3 Å². The van der Waals surface area contributed by atoms with E-state index in [9.17, 15) is 4.79 Å². The Kier molecular flexibility index (Phi) is 7.34. The zero-order valence-electron chi connectivity index (χ0n) is 16.1. The molecule has 2 aromatic heterocycles. The van der Waals surface area contributed by atoms with E-state index in [0.717, 1.165) is 50.4 Å². The molecule has 0 aromatic carbocycles. The average molecular weight is 373 g/mol. The van der Waals surface area contributed by atoms with Crippen molar-refractivity contribution in [2.75, 3.05) is 31.1 Å². The molecule has 1 aliphatic rings. The van der Waals surface area contributed by atoms with Gasteiger partial charge in [-0.3, -0.25) is 19.3 Å². The number of carbonyl (C=O) groups excluding carboxylic acids is 1. The van der Waals surface area contributed by atoms with Gasteiger partial charge in [-0.05, 0) is 31.9 Å². The van der Waals surface area contributed by atoms with E-state index in [-0.39, 0.29) is 12.4 Å². The predicted octanol–water partition coefficient (Wildman–Crippen LogP) is 1.97. The lowest BCUT2D eigenvalue weighted by Crippen LogP contribution is -2.49. The van der Waals surface area contributed by atoms with Crippen LogP contribution in [0.5, 0.6) is 0 Å². The van der Waals surface area contributed by atoms with Crippen LogP contribution in [-0.4, -0.2) is 63.3 Å². The minimum Gasteiger partial charge on any atom is -0.483 e. The van der Waals surface area contributed by atoms with Crippen molar-refractivity contribution in [2.45, 2.75) is 33.7 Å². The lowest BCUT2D eigenvalue weighted by atomic mass is 10.2.